The Bertz CT molecular complexity index is 465. The Morgan fingerprint density at radius 1 is 1.16 bits per heavy atom. The summed E-state index contributed by atoms with van der Waals surface area (Å²) in [6.07, 6.45) is 2.81. The summed E-state index contributed by atoms with van der Waals surface area (Å²) in [5.74, 6) is 1.13. The summed E-state index contributed by atoms with van der Waals surface area (Å²) < 4.78 is 1.05. The van der Waals surface area contributed by atoms with Crippen LogP contribution < -0.4 is 0 Å². The van der Waals surface area contributed by atoms with Crippen LogP contribution in [0.4, 0.5) is 0 Å². The van der Waals surface area contributed by atoms with E-state index in [0.29, 0.717) is 0 Å². The first-order chi connectivity index (χ1) is 9.24. The van der Waals surface area contributed by atoms with E-state index >= 15 is 0 Å². The molecule has 4 heteroatoms. The van der Waals surface area contributed by atoms with Crippen LogP contribution in [-0.2, 0) is 0 Å². The summed E-state index contributed by atoms with van der Waals surface area (Å²) in [4.78, 5) is 17.0. The molecule has 1 aliphatic heterocycles. The fraction of sp³-hybridized carbons (Fsp3) is 0.533. The van der Waals surface area contributed by atoms with Crippen LogP contribution in [0, 0.1) is 9.49 Å². The van der Waals surface area contributed by atoms with E-state index in [4.69, 9.17) is 0 Å². The zero-order valence-electron chi connectivity index (χ0n) is 11.0. The van der Waals surface area contributed by atoms with Crippen LogP contribution in [0.3, 0.4) is 0 Å². The quantitative estimate of drug-likeness (QED) is 0.764. The highest BCUT2D eigenvalue weighted by molar-refractivity contribution is 14.1. The third-order valence-electron chi connectivity index (χ3n) is 3.98. The summed E-state index contributed by atoms with van der Waals surface area (Å²) in [6, 6.07) is 7.85. The molecule has 0 radical (unpaired) electrons. The lowest BCUT2D eigenvalue weighted by Crippen LogP contribution is -2.49. The van der Waals surface area contributed by atoms with Gasteiger partial charge in [-0.05, 0) is 53.5 Å². The van der Waals surface area contributed by atoms with Crippen molar-refractivity contribution < 1.29 is 4.79 Å². The monoisotopic (exact) mass is 370 g/mol. The number of amides is 1. The second kappa shape index (κ2) is 5.79. The molecular weight excluding hydrogens is 351 g/mol. The van der Waals surface area contributed by atoms with E-state index in [1.165, 1.54) is 19.4 Å². The fourth-order valence-corrected chi connectivity index (χ4v) is 3.22. The Morgan fingerprint density at radius 3 is 2.47 bits per heavy atom. The van der Waals surface area contributed by atoms with Crippen molar-refractivity contribution in [3.63, 3.8) is 0 Å². The van der Waals surface area contributed by atoms with E-state index in [2.05, 4.69) is 27.5 Å². The van der Waals surface area contributed by atoms with Gasteiger partial charge in [-0.25, -0.2) is 0 Å². The van der Waals surface area contributed by atoms with Gasteiger partial charge in [-0.1, -0.05) is 12.1 Å². The number of benzene rings is 1. The molecule has 3 nitrogen and oxygen atoms in total. The minimum absolute atomic E-state index is 0.191. The number of hydrogen-bond acceptors (Lipinski definition) is 2. The third-order valence-corrected chi connectivity index (χ3v) is 4.92. The number of carbonyl (C=O) groups is 1. The van der Waals surface area contributed by atoms with E-state index in [1.54, 1.807) is 0 Å². The second-order valence-corrected chi connectivity index (χ2v) is 6.68. The zero-order valence-corrected chi connectivity index (χ0v) is 13.2. The van der Waals surface area contributed by atoms with Crippen molar-refractivity contribution >= 4 is 28.5 Å². The van der Waals surface area contributed by atoms with Gasteiger partial charge < -0.3 is 4.90 Å². The van der Waals surface area contributed by atoms with Crippen molar-refractivity contribution in [3.05, 3.63) is 33.4 Å². The average Bonchev–Trinajstić information content (AvgIpc) is 3.23. The van der Waals surface area contributed by atoms with Crippen molar-refractivity contribution in [1.82, 2.24) is 9.80 Å². The standard InChI is InChI=1S/C15H19IN2O/c16-14-4-2-1-3-13(14)15(19)18-9-7-17(8-10-18)11-12-5-6-12/h1-4,12H,5-11H2. The topological polar surface area (TPSA) is 23.6 Å². The molecule has 19 heavy (non-hydrogen) atoms. The highest BCUT2D eigenvalue weighted by atomic mass is 127. The normalized spacial score (nSPS) is 20.6. The van der Waals surface area contributed by atoms with Crippen LogP contribution in [0.15, 0.2) is 24.3 Å². The van der Waals surface area contributed by atoms with Crippen LogP contribution in [0.1, 0.15) is 23.2 Å². The predicted octanol–water partition coefficient (Wildman–Crippen LogP) is 2.46. The number of piperazine rings is 1. The molecule has 3 rings (SSSR count). The van der Waals surface area contributed by atoms with Gasteiger partial charge in [0.15, 0.2) is 0 Å². The molecule has 2 fully saturated rings. The molecule has 0 spiro atoms. The summed E-state index contributed by atoms with van der Waals surface area (Å²) in [7, 11) is 0. The molecule has 0 bridgehead atoms. The number of halogens is 1. The highest BCUT2D eigenvalue weighted by Crippen LogP contribution is 2.30. The maximum atomic E-state index is 12.5. The van der Waals surface area contributed by atoms with Crippen LogP contribution in [0.2, 0.25) is 0 Å². The summed E-state index contributed by atoms with van der Waals surface area (Å²) in [6.45, 7) is 5.05. The first-order valence-corrected chi connectivity index (χ1v) is 8.08. The maximum Gasteiger partial charge on any atom is 0.255 e. The van der Waals surface area contributed by atoms with E-state index < -0.39 is 0 Å². The van der Waals surface area contributed by atoms with Crippen molar-refractivity contribution in [2.24, 2.45) is 5.92 Å². The molecule has 0 aromatic heterocycles. The van der Waals surface area contributed by atoms with Gasteiger partial charge in [0.2, 0.25) is 0 Å². The Balaban J connectivity index is 1.58. The van der Waals surface area contributed by atoms with Gasteiger partial charge in [0.05, 0.1) is 5.56 Å². The number of hydrogen-bond donors (Lipinski definition) is 0. The van der Waals surface area contributed by atoms with Crippen molar-refractivity contribution in [2.45, 2.75) is 12.8 Å². The number of nitrogens with zero attached hydrogens (tertiary/aromatic N) is 2. The molecule has 1 amide bonds. The molecule has 1 heterocycles. The lowest BCUT2D eigenvalue weighted by atomic mass is 10.2. The fourth-order valence-electron chi connectivity index (χ4n) is 2.60. The van der Waals surface area contributed by atoms with Crippen LogP contribution >= 0.6 is 22.6 Å². The SMILES string of the molecule is O=C(c1ccccc1I)N1CCN(CC2CC2)CC1. The summed E-state index contributed by atoms with van der Waals surface area (Å²) in [5, 5.41) is 0. The molecule has 102 valence electrons. The van der Waals surface area contributed by atoms with Gasteiger partial charge in [-0.2, -0.15) is 0 Å². The average molecular weight is 370 g/mol. The van der Waals surface area contributed by atoms with E-state index in [0.717, 1.165) is 41.2 Å². The number of carbonyl (C=O) groups excluding carboxylic acids is 1. The molecule has 0 atom stereocenters. The Hall–Kier alpha value is -0.620. The second-order valence-electron chi connectivity index (χ2n) is 5.52. The van der Waals surface area contributed by atoms with Crippen LogP contribution in [0.25, 0.3) is 0 Å². The Kier molecular flexibility index (Phi) is 4.07. The van der Waals surface area contributed by atoms with Crippen molar-refractivity contribution in [2.75, 3.05) is 32.7 Å². The minimum Gasteiger partial charge on any atom is -0.336 e. The molecule has 2 aliphatic rings. The molecular formula is C15H19IN2O. The predicted molar refractivity (Wildman–Crippen MR) is 84.2 cm³/mol. The molecule has 1 aromatic rings. The van der Waals surface area contributed by atoms with Gasteiger partial charge in [-0.15, -0.1) is 0 Å². The lowest BCUT2D eigenvalue weighted by molar-refractivity contribution is 0.0631. The van der Waals surface area contributed by atoms with E-state index in [9.17, 15) is 4.79 Å². The van der Waals surface area contributed by atoms with Gasteiger partial charge in [0, 0.05) is 36.3 Å². The van der Waals surface area contributed by atoms with E-state index in [1.807, 2.05) is 29.2 Å². The third kappa shape index (κ3) is 3.28. The summed E-state index contributed by atoms with van der Waals surface area (Å²) in [5.41, 5.74) is 0.846. The van der Waals surface area contributed by atoms with E-state index in [-0.39, 0.29) is 5.91 Å². The highest BCUT2D eigenvalue weighted by Gasteiger charge is 2.28. The Labute approximate surface area is 128 Å². The first kappa shape index (κ1) is 13.4. The number of rotatable bonds is 3. The lowest BCUT2D eigenvalue weighted by Gasteiger charge is -2.35. The largest absolute Gasteiger partial charge is 0.336 e. The van der Waals surface area contributed by atoms with Gasteiger partial charge in [0.25, 0.3) is 5.91 Å². The molecule has 1 aromatic carbocycles. The summed E-state index contributed by atoms with van der Waals surface area (Å²) >= 11 is 2.24. The molecule has 0 unspecified atom stereocenters. The Morgan fingerprint density at radius 2 is 1.84 bits per heavy atom. The smallest absolute Gasteiger partial charge is 0.255 e. The molecule has 1 saturated carbocycles. The van der Waals surface area contributed by atoms with Crippen LogP contribution in [0.5, 0.6) is 0 Å². The van der Waals surface area contributed by atoms with Crippen molar-refractivity contribution in [1.29, 1.82) is 0 Å². The minimum atomic E-state index is 0.191. The van der Waals surface area contributed by atoms with Crippen LogP contribution in [-0.4, -0.2) is 48.4 Å². The van der Waals surface area contributed by atoms with Gasteiger partial charge in [0.1, 0.15) is 0 Å². The molecule has 1 saturated heterocycles. The van der Waals surface area contributed by atoms with Crippen molar-refractivity contribution in [3.8, 4) is 0 Å². The first-order valence-electron chi connectivity index (χ1n) is 7.00. The molecule has 1 aliphatic carbocycles. The van der Waals surface area contributed by atoms with Gasteiger partial charge >= 0.3 is 0 Å². The zero-order chi connectivity index (χ0) is 13.2. The maximum absolute atomic E-state index is 12.5. The molecule has 0 N–H and O–H groups in total. The van der Waals surface area contributed by atoms with Gasteiger partial charge in [-0.3, -0.25) is 9.69 Å².